The van der Waals surface area contributed by atoms with Crippen LogP contribution in [0.3, 0.4) is 0 Å². The predicted octanol–water partition coefficient (Wildman–Crippen LogP) is 0.938. The van der Waals surface area contributed by atoms with E-state index in [0.717, 1.165) is 6.66 Å². The van der Waals surface area contributed by atoms with Crippen molar-refractivity contribution in [2.24, 2.45) is 5.41 Å². The quantitative estimate of drug-likeness (QED) is 0.369. The number of carbonyl (C=O) groups is 2. The molecule has 0 saturated carbocycles. The molecule has 0 fully saturated rings. The average molecular weight is 322 g/mol. The van der Waals surface area contributed by atoms with E-state index in [1.165, 1.54) is 6.92 Å². The third-order valence-corrected chi connectivity index (χ3v) is 3.65. The van der Waals surface area contributed by atoms with E-state index in [1.54, 1.807) is 6.92 Å². The predicted molar refractivity (Wildman–Crippen MR) is 77.2 cm³/mol. The molecular formula is C13H23O7P. The lowest BCUT2D eigenvalue weighted by molar-refractivity contribution is -0.152. The zero-order valence-electron chi connectivity index (χ0n) is 12.6. The number of carbonyl (C=O) groups excluding carboxylic acids is 2. The van der Waals surface area contributed by atoms with Crippen LogP contribution < -0.4 is 0 Å². The molecule has 0 bridgehead atoms. The van der Waals surface area contributed by atoms with E-state index < -0.39 is 24.7 Å². The van der Waals surface area contributed by atoms with Crippen LogP contribution in [0.5, 0.6) is 0 Å². The molecule has 0 heterocycles. The van der Waals surface area contributed by atoms with Crippen molar-refractivity contribution in [3.63, 3.8) is 0 Å². The van der Waals surface area contributed by atoms with Gasteiger partial charge >= 0.3 is 11.9 Å². The van der Waals surface area contributed by atoms with Crippen molar-refractivity contribution >= 4 is 19.3 Å². The highest BCUT2D eigenvalue weighted by Gasteiger charge is 2.28. The summed E-state index contributed by atoms with van der Waals surface area (Å²) in [5.74, 6) is -1.23. The van der Waals surface area contributed by atoms with Gasteiger partial charge in [0.05, 0.1) is 18.4 Å². The number of hydrogen-bond acceptors (Lipinski definition) is 6. The Morgan fingerprint density at radius 1 is 1.29 bits per heavy atom. The summed E-state index contributed by atoms with van der Waals surface area (Å²) < 4.78 is 20.9. The van der Waals surface area contributed by atoms with Gasteiger partial charge < -0.3 is 19.5 Å². The van der Waals surface area contributed by atoms with Gasteiger partial charge in [0.2, 0.25) is 0 Å². The van der Waals surface area contributed by atoms with E-state index in [-0.39, 0.29) is 38.0 Å². The molecule has 0 rings (SSSR count). The third kappa shape index (κ3) is 9.39. The van der Waals surface area contributed by atoms with Crippen molar-refractivity contribution < 1.29 is 33.6 Å². The van der Waals surface area contributed by atoms with Gasteiger partial charge in [0.15, 0.2) is 7.37 Å². The summed E-state index contributed by atoms with van der Waals surface area (Å²) in [6, 6.07) is 0. The molecule has 0 amide bonds. The van der Waals surface area contributed by atoms with Gasteiger partial charge in [0, 0.05) is 18.4 Å². The zero-order chi connectivity index (χ0) is 16.7. The maximum Gasteiger partial charge on any atom is 0.333 e. The molecule has 8 heteroatoms. The van der Waals surface area contributed by atoms with Crippen molar-refractivity contribution in [2.45, 2.75) is 20.3 Å². The highest BCUT2D eigenvalue weighted by atomic mass is 31.2. The van der Waals surface area contributed by atoms with Crippen LogP contribution in [0.2, 0.25) is 0 Å². The number of ether oxygens (including phenoxy) is 2. The standard InChI is InChI=1S/C13H23O7P/c1-10(2)12(16)20-9-13(3,7-14)8-19-11(15)5-6-21(4,17)18/h14H,1,5-9H2,2-4H3,(H,17,18). The summed E-state index contributed by atoms with van der Waals surface area (Å²) >= 11 is 0. The number of esters is 2. The van der Waals surface area contributed by atoms with Gasteiger partial charge in [-0.1, -0.05) is 13.5 Å². The van der Waals surface area contributed by atoms with Crippen LogP contribution in [0.1, 0.15) is 20.3 Å². The van der Waals surface area contributed by atoms with Crippen LogP contribution in [-0.4, -0.2) is 54.6 Å². The second-order valence-electron chi connectivity index (χ2n) is 5.51. The highest BCUT2D eigenvalue weighted by Crippen LogP contribution is 2.35. The van der Waals surface area contributed by atoms with Gasteiger partial charge in [0.25, 0.3) is 0 Å². The minimum atomic E-state index is -3.26. The van der Waals surface area contributed by atoms with Crippen molar-refractivity contribution in [3.05, 3.63) is 12.2 Å². The molecule has 7 nitrogen and oxygen atoms in total. The summed E-state index contributed by atoms with van der Waals surface area (Å²) in [5, 5.41) is 9.32. The summed E-state index contributed by atoms with van der Waals surface area (Å²) in [7, 11) is -3.26. The first-order chi connectivity index (χ1) is 9.49. The van der Waals surface area contributed by atoms with Crippen LogP contribution in [0.15, 0.2) is 12.2 Å². The lowest BCUT2D eigenvalue weighted by atomic mass is 9.94. The van der Waals surface area contributed by atoms with Crippen molar-refractivity contribution in [1.29, 1.82) is 0 Å². The van der Waals surface area contributed by atoms with Crippen molar-refractivity contribution in [3.8, 4) is 0 Å². The van der Waals surface area contributed by atoms with Gasteiger partial charge in [-0.15, -0.1) is 0 Å². The fourth-order valence-corrected chi connectivity index (χ4v) is 1.72. The molecular weight excluding hydrogens is 299 g/mol. The number of hydrogen-bond donors (Lipinski definition) is 2. The van der Waals surface area contributed by atoms with E-state index in [1.807, 2.05) is 0 Å². The Morgan fingerprint density at radius 2 is 1.81 bits per heavy atom. The summed E-state index contributed by atoms with van der Waals surface area (Å²) in [6.07, 6.45) is -0.344. The SMILES string of the molecule is C=C(C)C(=O)OCC(C)(CO)COC(=O)CCP(C)(=O)O. The van der Waals surface area contributed by atoms with E-state index >= 15 is 0 Å². The lowest BCUT2D eigenvalue weighted by Gasteiger charge is -2.26. The molecule has 0 radical (unpaired) electrons. The summed E-state index contributed by atoms with van der Waals surface area (Å²) in [5.41, 5.74) is -0.704. The van der Waals surface area contributed by atoms with Crippen molar-refractivity contribution in [1.82, 2.24) is 0 Å². The highest BCUT2D eigenvalue weighted by molar-refractivity contribution is 7.57. The molecule has 0 aliphatic rings. The van der Waals surface area contributed by atoms with Crippen LogP contribution in [0, 0.1) is 5.41 Å². The molecule has 0 aromatic carbocycles. The summed E-state index contributed by atoms with van der Waals surface area (Å²) in [6.45, 7) is 7.03. The first-order valence-electron chi connectivity index (χ1n) is 6.37. The zero-order valence-corrected chi connectivity index (χ0v) is 13.5. The molecule has 2 N–H and O–H groups in total. The molecule has 0 aromatic rings. The second-order valence-corrected chi connectivity index (χ2v) is 8.06. The molecule has 122 valence electrons. The van der Waals surface area contributed by atoms with Crippen LogP contribution in [-0.2, 0) is 23.6 Å². The molecule has 2 unspecified atom stereocenters. The number of aliphatic hydroxyl groups excluding tert-OH is 1. The van der Waals surface area contributed by atoms with Crippen molar-refractivity contribution in [2.75, 3.05) is 32.6 Å². The fraction of sp³-hybridized carbons (Fsp3) is 0.692. The largest absolute Gasteiger partial charge is 0.465 e. The lowest BCUT2D eigenvalue weighted by Crippen LogP contribution is -2.35. The number of rotatable bonds is 9. The van der Waals surface area contributed by atoms with Gasteiger partial charge in [-0.25, -0.2) is 4.79 Å². The Morgan fingerprint density at radius 3 is 2.24 bits per heavy atom. The first-order valence-corrected chi connectivity index (χ1v) is 8.67. The topological polar surface area (TPSA) is 110 Å². The van der Waals surface area contributed by atoms with Crippen LogP contribution in [0.4, 0.5) is 0 Å². The minimum Gasteiger partial charge on any atom is -0.465 e. The Hall–Kier alpha value is -1.17. The Bertz CT molecular complexity index is 440. The number of aliphatic hydroxyl groups is 1. The maximum absolute atomic E-state index is 11.4. The van der Waals surface area contributed by atoms with Gasteiger partial charge in [-0.05, 0) is 6.92 Å². The maximum atomic E-state index is 11.4. The molecule has 0 saturated heterocycles. The monoisotopic (exact) mass is 322 g/mol. The minimum absolute atomic E-state index is 0.130. The van der Waals surface area contributed by atoms with Crippen LogP contribution >= 0.6 is 7.37 Å². The Labute approximate surface area is 124 Å². The van der Waals surface area contributed by atoms with E-state index in [4.69, 9.17) is 14.4 Å². The molecule has 2 atom stereocenters. The fourth-order valence-electron chi connectivity index (χ4n) is 1.12. The van der Waals surface area contributed by atoms with Gasteiger partial charge in [-0.3, -0.25) is 9.36 Å². The Balaban J connectivity index is 4.29. The van der Waals surface area contributed by atoms with Gasteiger partial charge in [-0.2, -0.15) is 0 Å². The van der Waals surface area contributed by atoms with Crippen LogP contribution in [0.25, 0.3) is 0 Å². The molecule has 21 heavy (non-hydrogen) atoms. The first kappa shape index (κ1) is 19.8. The Kier molecular flexibility index (Phi) is 7.85. The average Bonchev–Trinajstić information content (AvgIpc) is 2.39. The third-order valence-electron chi connectivity index (χ3n) is 2.59. The smallest absolute Gasteiger partial charge is 0.333 e. The summed E-state index contributed by atoms with van der Waals surface area (Å²) in [4.78, 5) is 31.8. The molecule has 0 aliphatic heterocycles. The molecule has 0 aliphatic carbocycles. The van der Waals surface area contributed by atoms with E-state index in [0.29, 0.717) is 0 Å². The molecule has 0 aromatic heterocycles. The van der Waals surface area contributed by atoms with E-state index in [9.17, 15) is 19.3 Å². The van der Waals surface area contributed by atoms with Gasteiger partial charge in [0.1, 0.15) is 13.2 Å². The normalized spacial score (nSPS) is 16.4. The van der Waals surface area contributed by atoms with E-state index in [2.05, 4.69) is 6.58 Å². The second kappa shape index (κ2) is 8.32. The molecule has 0 spiro atoms.